The third-order valence-electron chi connectivity index (χ3n) is 8.48. The Morgan fingerprint density at radius 1 is 0.983 bits per heavy atom. The molecule has 0 aliphatic carbocycles. The van der Waals surface area contributed by atoms with Crippen LogP contribution in [-0.4, -0.2) is 107 Å². The number of Topliss-reactive ketones (excluding diaryl/α,β-unsaturated/α-hetero) is 1. The van der Waals surface area contributed by atoms with Gasteiger partial charge >= 0.3 is 29.6 Å². The third kappa shape index (κ3) is 10.3. The number of amides is 1. The Balaban J connectivity index is 0.00000641. The minimum atomic E-state index is -5.81. The summed E-state index contributed by atoms with van der Waals surface area (Å²) in [5.74, 6) is -1.48. The fourth-order valence-electron chi connectivity index (χ4n) is 5.71. The molecule has 1 aromatic carbocycles. The van der Waals surface area contributed by atoms with Gasteiger partial charge in [0.2, 0.25) is 0 Å². The van der Waals surface area contributed by atoms with E-state index in [1.807, 2.05) is 0 Å². The second-order valence-corrected chi connectivity index (χ2v) is 16.1. The molecule has 3 aromatic heterocycles. The molecule has 1 amide bonds. The predicted octanol–water partition coefficient (Wildman–Crippen LogP) is -4.36. The van der Waals surface area contributed by atoms with Gasteiger partial charge in [-0.25, -0.2) is 19.3 Å². The molecule has 2 aliphatic rings. The van der Waals surface area contributed by atoms with Crippen LogP contribution in [0.25, 0.3) is 21.6 Å². The van der Waals surface area contributed by atoms with Gasteiger partial charge in [0.15, 0.2) is 52.6 Å². The monoisotopic (exact) mass is 876 g/mol. The van der Waals surface area contributed by atoms with Gasteiger partial charge in [0.05, 0.1) is 19.0 Å². The normalized spacial score (nSPS) is 26.3. The van der Waals surface area contributed by atoms with Gasteiger partial charge in [-0.3, -0.25) is 23.3 Å². The first kappa shape index (κ1) is 45.6. The standard InChI is InChI=1S/C29H32N10O15P2S.Na/c30-24-19-26(34-12-33-24)39(29(35-19)57-11-16(40)13-3-5-15(6-4-13)36-37-32)28-23(44)21(42)18(53-28)10-51-56(48,49)54-55(46,47)50-9-17-20(41)22(43)27(52-17)38-7-1-2-14(8-38)25(31)45;/h1-8,12,17-18,20-23,27-28,41-44H,9-11H2,(H5-,30,31,33,34,45,46,47,48,49);/q;+1/p-1/t17-,18-,20-,21-,22-,23-,27-,28-;/m1./s1. The number of carbonyl (C=O) groups is 2. The number of rotatable bonds is 16. The van der Waals surface area contributed by atoms with Crippen LogP contribution in [0.15, 0.2) is 65.4 Å². The number of anilines is 1. The molecule has 304 valence electrons. The summed E-state index contributed by atoms with van der Waals surface area (Å²) in [6.45, 7) is -2.13. The van der Waals surface area contributed by atoms with Crippen LogP contribution in [0.3, 0.4) is 0 Å². The molecule has 0 bridgehead atoms. The number of hydrogen-bond acceptors (Lipinski definition) is 21. The quantitative estimate of drug-likeness (QED) is 0.00905. The molecule has 25 nitrogen and oxygen atoms in total. The molecule has 0 spiro atoms. The van der Waals surface area contributed by atoms with E-state index >= 15 is 0 Å². The van der Waals surface area contributed by atoms with Crippen molar-refractivity contribution in [1.29, 1.82) is 0 Å². The van der Waals surface area contributed by atoms with Crippen LogP contribution in [0.4, 0.5) is 11.5 Å². The van der Waals surface area contributed by atoms with Crippen molar-refractivity contribution in [3.63, 3.8) is 0 Å². The molecule has 2 saturated heterocycles. The molecular weight excluding hydrogens is 845 g/mol. The van der Waals surface area contributed by atoms with Gasteiger partial charge in [-0.15, -0.1) is 0 Å². The summed E-state index contributed by atoms with van der Waals surface area (Å²) in [6, 6.07) is 8.56. The SMILES string of the molecule is [N-]=[N+]=Nc1ccc(C(=O)CSc2nc3c(N)ncnc3n2[C@@H]2O[C@H](COP(=O)([O-])OP(=O)([O-])OC[C@H]3O[C@@H]([n+]4cccc(C(N)=O)c4)[C@H](O)[C@@H]3O)[C@@H](O)[C@H]2O)cc1.[Na+]. The first-order valence-corrected chi connectivity index (χ1v) is 20.1. The summed E-state index contributed by atoms with van der Waals surface area (Å²) < 4.78 is 52.1. The fourth-order valence-corrected chi connectivity index (χ4v) is 8.63. The van der Waals surface area contributed by atoms with Crippen molar-refractivity contribution in [1.82, 2.24) is 19.5 Å². The summed E-state index contributed by atoms with van der Waals surface area (Å²) in [5.41, 5.74) is 20.5. The predicted molar refractivity (Wildman–Crippen MR) is 185 cm³/mol. The number of fused-ring (bicyclic) bond motifs is 1. The number of thioether (sulfide) groups is 1. The zero-order valence-corrected chi connectivity index (χ0v) is 34.4. The van der Waals surface area contributed by atoms with Crippen LogP contribution < -0.4 is 55.4 Å². The van der Waals surface area contributed by atoms with Gasteiger partial charge in [-0.2, -0.15) is 4.57 Å². The summed E-state index contributed by atoms with van der Waals surface area (Å²) in [7, 11) is -11.6. The van der Waals surface area contributed by atoms with Gasteiger partial charge in [0.1, 0.15) is 42.4 Å². The number of aliphatic hydroxyl groups excluding tert-OH is 4. The maximum Gasteiger partial charge on any atom is 1.00 e. The number of azide groups is 1. The minimum absolute atomic E-state index is 0. The van der Waals surface area contributed by atoms with E-state index in [9.17, 15) is 48.9 Å². The van der Waals surface area contributed by atoms with Gasteiger partial charge in [-0.1, -0.05) is 41.1 Å². The number of nitrogens with zero attached hydrogens (tertiary/aromatic N) is 8. The van der Waals surface area contributed by atoms with Crippen molar-refractivity contribution in [3.8, 4) is 0 Å². The second-order valence-electron chi connectivity index (χ2n) is 12.2. The Kier molecular flexibility index (Phi) is 14.8. The number of carbonyl (C=O) groups excluding carboxylic acids is 2. The Hall–Kier alpha value is -3.46. The number of aliphatic hydroxyl groups is 4. The number of phosphoric acid groups is 2. The molecule has 4 aromatic rings. The van der Waals surface area contributed by atoms with Gasteiger partial charge in [-0.05, 0) is 11.6 Å². The maximum absolute atomic E-state index is 13.0. The molecule has 0 saturated carbocycles. The van der Waals surface area contributed by atoms with E-state index in [-0.39, 0.29) is 80.0 Å². The van der Waals surface area contributed by atoms with E-state index < -0.39 is 83.8 Å². The van der Waals surface area contributed by atoms with Gasteiger partial charge in [0, 0.05) is 22.2 Å². The van der Waals surface area contributed by atoms with Crippen molar-refractivity contribution >= 4 is 61.8 Å². The van der Waals surface area contributed by atoms with Gasteiger partial charge < -0.3 is 60.2 Å². The number of primary amides is 1. The van der Waals surface area contributed by atoms with Crippen molar-refractivity contribution in [2.75, 3.05) is 24.7 Å². The maximum atomic E-state index is 13.0. The van der Waals surface area contributed by atoms with Crippen LogP contribution in [0.2, 0.25) is 0 Å². The van der Waals surface area contributed by atoms with Crippen LogP contribution >= 0.6 is 27.4 Å². The number of phosphoric ester groups is 2. The molecule has 8 N–H and O–H groups in total. The van der Waals surface area contributed by atoms with Crippen molar-refractivity contribution in [3.05, 3.63) is 76.7 Å². The topological polar surface area (TPSA) is 390 Å². The Labute approximate surface area is 352 Å². The number of aromatic nitrogens is 5. The molecule has 0 radical (unpaired) electrons. The zero-order chi connectivity index (χ0) is 41.2. The average Bonchev–Trinajstić information content (AvgIpc) is 3.78. The van der Waals surface area contributed by atoms with E-state index in [4.69, 9.17) is 26.5 Å². The molecule has 2 fully saturated rings. The largest absolute Gasteiger partial charge is 1.00 e. The number of nitrogens with two attached hydrogens (primary N) is 2. The van der Waals surface area contributed by atoms with Crippen LogP contribution in [0, 0.1) is 0 Å². The third-order valence-corrected chi connectivity index (χ3v) is 12.0. The van der Waals surface area contributed by atoms with Crippen molar-refractivity contribution < 1.29 is 106 Å². The molecule has 58 heavy (non-hydrogen) atoms. The molecule has 2 unspecified atom stereocenters. The van der Waals surface area contributed by atoms with Gasteiger partial charge in [0.25, 0.3) is 27.8 Å². The van der Waals surface area contributed by atoms with Crippen LogP contribution in [-0.2, 0) is 32.0 Å². The number of imidazole rings is 1. The number of pyridine rings is 1. The molecule has 10 atom stereocenters. The minimum Gasteiger partial charge on any atom is -0.756 e. The molecule has 6 rings (SSSR count). The molecule has 5 heterocycles. The number of nitrogen functional groups attached to an aromatic ring is 1. The number of ketones is 1. The Morgan fingerprint density at radius 3 is 2.26 bits per heavy atom. The van der Waals surface area contributed by atoms with E-state index in [2.05, 4.69) is 38.3 Å². The summed E-state index contributed by atoms with van der Waals surface area (Å²) in [4.78, 5) is 64.6. The van der Waals surface area contributed by atoms with Crippen molar-refractivity contribution in [2.24, 2.45) is 10.8 Å². The van der Waals surface area contributed by atoms with Crippen LogP contribution in [0.1, 0.15) is 33.2 Å². The second kappa shape index (κ2) is 18.9. The summed E-state index contributed by atoms with van der Waals surface area (Å²) in [5, 5.41) is 46.2. The Bertz CT molecular complexity index is 2310. The number of hydrogen-bond donors (Lipinski definition) is 6. The number of ether oxygens (including phenoxy) is 2. The fraction of sp³-hybridized carbons (Fsp3) is 0.379. The summed E-state index contributed by atoms with van der Waals surface area (Å²) in [6.07, 6.45) is -9.42. The van der Waals surface area contributed by atoms with Crippen molar-refractivity contribution in [2.45, 2.75) is 54.2 Å². The molecular formula is C29H31N10NaO15P2S. The Morgan fingerprint density at radius 2 is 1.62 bits per heavy atom. The van der Waals surface area contributed by atoms with Crippen LogP contribution in [0.5, 0.6) is 0 Å². The first-order chi connectivity index (χ1) is 27.0. The average molecular weight is 877 g/mol. The molecule has 2 aliphatic heterocycles. The first-order valence-electron chi connectivity index (χ1n) is 16.2. The summed E-state index contributed by atoms with van der Waals surface area (Å²) >= 11 is 0.871. The van der Waals surface area contributed by atoms with E-state index in [0.717, 1.165) is 18.1 Å². The van der Waals surface area contributed by atoms with E-state index in [0.29, 0.717) is 0 Å². The zero-order valence-electron chi connectivity index (χ0n) is 29.8. The smallest absolute Gasteiger partial charge is 0.756 e. The number of benzene rings is 1. The molecule has 29 heteroatoms. The van der Waals surface area contributed by atoms with E-state index in [1.165, 1.54) is 57.9 Å². The van der Waals surface area contributed by atoms with E-state index in [1.54, 1.807) is 0 Å².